The summed E-state index contributed by atoms with van der Waals surface area (Å²) >= 11 is 0. The van der Waals surface area contributed by atoms with Crippen molar-refractivity contribution in [1.82, 2.24) is 10.2 Å². The molecule has 2 aromatic rings. The number of ether oxygens (including phenoxy) is 1. The molecule has 8 nitrogen and oxygen atoms in total. The Morgan fingerprint density at radius 2 is 1.67 bits per heavy atom. The number of nitrogens with zero attached hydrogens (tertiary/aromatic N) is 3. The summed E-state index contributed by atoms with van der Waals surface area (Å²) in [6, 6.07) is 15.0. The number of likely N-dealkylation sites (tertiary alicyclic amines) is 1. The number of para-hydroxylation sites is 1. The zero-order valence-electron chi connectivity index (χ0n) is 21.8. The van der Waals surface area contributed by atoms with Crippen LogP contribution in [0.15, 0.2) is 48.5 Å². The Kier molecular flexibility index (Phi) is 9.87. The predicted molar refractivity (Wildman–Crippen MR) is 143 cm³/mol. The van der Waals surface area contributed by atoms with Gasteiger partial charge >= 0.3 is 12.0 Å². The van der Waals surface area contributed by atoms with Crippen LogP contribution in [-0.2, 0) is 14.3 Å². The summed E-state index contributed by atoms with van der Waals surface area (Å²) in [6.45, 7) is 8.49. The first-order chi connectivity index (χ1) is 17.3. The minimum absolute atomic E-state index is 0.00623. The van der Waals surface area contributed by atoms with E-state index in [1.54, 1.807) is 23.8 Å². The van der Waals surface area contributed by atoms with E-state index in [9.17, 15) is 14.4 Å². The van der Waals surface area contributed by atoms with Gasteiger partial charge in [-0.1, -0.05) is 25.1 Å². The van der Waals surface area contributed by atoms with Crippen LogP contribution in [0.3, 0.4) is 0 Å². The summed E-state index contributed by atoms with van der Waals surface area (Å²) < 4.78 is 5.55. The molecule has 0 spiro atoms. The van der Waals surface area contributed by atoms with E-state index in [0.29, 0.717) is 13.0 Å². The van der Waals surface area contributed by atoms with E-state index in [-0.39, 0.29) is 24.0 Å². The highest BCUT2D eigenvalue weighted by Gasteiger charge is 2.23. The number of hydrogen-bond acceptors (Lipinski definition) is 5. The average Bonchev–Trinajstić information content (AvgIpc) is 2.87. The number of benzene rings is 2. The van der Waals surface area contributed by atoms with Crippen molar-refractivity contribution in [2.75, 3.05) is 43.0 Å². The third-order valence-electron chi connectivity index (χ3n) is 6.50. The highest BCUT2D eigenvalue weighted by molar-refractivity contribution is 6.00. The van der Waals surface area contributed by atoms with E-state index >= 15 is 0 Å². The largest absolute Gasteiger partial charge is 0.462 e. The molecule has 0 aromatic heterocycles. The summed E-state index contributed by atoms with van der Waals surface area (Å²) in [7, 11) is 1.61. The fourth-order valence-corrected chi connectivity index (χ4v) is 4.48. The van der Waals surface area contributed by atoms with E-state index < -0.39 is 0 Å². The number of esters is 1. The van der Waals surface area contributed by atoms with Gasteiger partial charge in [0.1, 0.15) is 6.10 Å². The number of carbonyl (C=O) groups is 3. The Hall–Kier alpha value is -3.39. The van der Waals surface area contributed by atoms with E-state index in [1.807, 2.05) is 62.4 Å². The van der Waals surface area contributed by atoms with Crippen molar-refractivity contribution in [3.05, 3.63) is 54.1 Å². The summed E-state index contributed by atoms with van der Waals surface area (Å²) in [5.74, 6) is -0.146. The van der Waals surface area contributed by atoms with Crippen LogP contribution < -0.4 is 15.1 Å². The zero-order chi connectivity index (χ0) is 26.1. The number of nitrogens with one attached hydrogen (secondary N) is 1. The van der Waals surface area contributed by atoms with Gasteiger partial charge in [0.05, 0.1) is 11.4 Å². The highest BCUT2D eigenvalue weighted by Crippen LogP contribution is 2.30. The Morgan fingerprint density at radius 1 is 1.03 bits per heavy atom. The molecular formula is C28H38N4O4. The lowest BCUT2D eigenvalue weighted by atomic mass is 10.1. The second-order valence-corrected chi connectivity index (χ2v) is 9.14. The van der Waals surface area contributed by atoms with Crippen molar-refractivity contribution in [2.24, 2.45) is 0 Å². The lowest BCUT2D eigenvalue weighted by Crippen LogP contribution is -2.43. The molecule has 194 valence electrons. The Labute approximate surface area is 214 Å². The molecule has 0 atom stereocenters. The highest BCUT2D eigenvalue weighted by atomic mass is 16.5. The quantitative estimate of drug-likeness (QED) is 0.514. The van der Waals surface area contributed by atoms with Crippen molar-refractivity contribution in [3.63, 3.8) is 0 Å². The molecule has 0 bridgehead atoms. The maximum Gasteiger partial charge on any atom is 0.326 e. The van der Waals surface area contributed by atoms with Gasteiger partial charge < -0.3 is 19.9 Å². The minimum Gasteiger partial charge on any atom is -0.462 e. The van der Waals surface area contributed by atoms with Crippen LogP contribution in [0, 0.1) is 6.92 Å². The maximum atomic E-state index is 12.7. The van der Waals surface area contributed by atoms with Gasteiger partial charge in [-0.3, -0.25) is 14.5 Å². The molecule has 0 aliphatic carbocycles. The van der Waals surface area contributed by atoms with E-state index in [4.69, 9.17) is 4.74 Å². The first-order valence-corrected chi connectivity index (χ1v) is 12.7. The first-order valence-electron chi connectivity index (χ1n) is 12.7. The molecule has 1 saturated heterocycles. The van der Waals surface area contributed by atoms with Crippen LogP contribution >= 0.6 is 0 Å². The summed E-state index contributed by atoms with van der Waals surface area (Å²) in [5.41, 5.74) is 3.29. The normalized spacial score (nSPS) is 14.2. The molecule has 1 aliphatic rings. The van der Waals surface area contributed by atoms with Crippen molar-refractivity contribution < 1.29 is 19.1 Å². The van der Waals surface area contributed by atoms with Gasteiger partial charge in [-0.25, -0.2) is 4.79 Å². The second-order valence-electron chi connectivity index (χ2n) is 9.14. The van der Waals surface area contributed by atoms with Gasteiger partial charge in [0, 0.05) is 52.3 Å². The number of piperidine rings is 1. The molecule has 0 saturated carbocycles. The number of urea groups is 1. The summed E-state index contributed by atoms with van der Waals surface area (Å²) in [6.07, 6.45) is 2.90. The predicted octanol–water partition coefficient (Wildman–Crippen LogP) is 4.63. The van der Waals surface area contributed by atoms with E-state index in [0.717, 1.165) is 61.5 Å². The lowest BCUT2D eigenvalue weighted by molar-refractivity contribution is -0.151. The van der Waals surface area contributed by atoms with Gasteiger partial charge in [0.15, 0.2) is 0 Å². The number of aryl methyl sites for hydroxylation is 1. The molecule has 36 heavy (non-hydrogen) atoms. The Morgan fingerprint density at radius 3 is 2.25 bits per heavy atom. The number of anilines is 3. The molecule has 2 aromatic carbocycles. The third kappa shape index (κ3) is 7.07. The Bertz CT molecular complexity index is 1030. The van der Waals surface area contributed by atoms with Crippen LogP contribution in [0.1, 0.15) is 45.1 Å². The fourth-order valence-electron chi connectivity index (χ4n) is 4.48. The fraction of sp³-hybridized carbons (Fsp3) is 0.464. The van der Waals surface area contributed by atoms with Crippen LogP contribution in [0.25, 0.3) is 0 Å². The number of amides is 3. The van der Waals surface area contributed by atoms with Gasteiger partial charge in [-0.2, -0.15) is 0 Å². The summed E-state index contributed by atoms with van der Waals surface area (Å²) in [5, 5.41) is 2.71. The molecule has 3 amide bonds. The van der Waals surface area contributed by atoms with Crippen LogP contribution in [0.5, 0.6) is 0 Å². The molecule has 1 N–H and O–H groups in total. The number of rotatable bonds is 9. The number of hydrogen-bond donors (Lipinski definition) is 1. The zero-order valence-corrected chi connectivity index (χ0v) is 21.8. The molecule has 3 rings (SSSR count). The average molecular weight is 495 g/mol. The van der Waals surface area contributed by atoms with Crippen molar-refractivity contribution in [1.29, 1.82) is 0 Å². The maximum absolute atomic E-state index is 12.7. The van der Waals surface area contributed by atoms with Crippen molar-refractivity contribution in [2.45, 2.75) is 52.6 Å². The lowest BCUT2D eigenvalue weighted by Gasteiger charge is -2.33. The first kappa shape index (κ1) is 27.2. The second kappa shape index (κ2) is 13.1. The monoisotopic (exact) mass is 494 g/mol. The molecular weight excluding hydrogens is 456 g/mol. The van der Waals surface area contributed by atoms with E-state index in [2.05, 4.69) is 10.2 Å². The van der Waals surface area contributed by atoms with Crippen LogP contribution in [0.4, 0.5) is 21.9 Å². The minimum atomic E-state index is -0.232. The Balaban J connectivity index is 1.64. The molecule has 8 heteroatoms. The van der Waals surface area contributed by atoms with Gasteiger partial charge in [0.2, 0.25) is 5.91 Å². The van der Waals surface area contributed by atoms with Crippen molar-refractivity contribution in [3.8, 4) is 0 Å². The van der Waals surface area contributed by atoms with Crippen LogP contribution in [0.2, 0.25) is 0 Å². The topological polar surface area (TPSA) is 82.2 Å². The van der Waals surface area contributed by atoms with Gasteiger partial charge in [-0.15, -0.1) is 0 Å². The summed E-state index contributed by atoms with van der Waals surface area (Å²) in [4.78, 5) is 42.6. The molecule has 1 aliphatic heterocycles. The van der Waals surface area contributed by atoms with Crippen LogP contribution in [-0.4, -0.2) is 62.1 Å². The SMILES string of the molecule is CCCC(=O)OC1CCN(CCN(C(C)=O)c2ccc(N(C(=O)NC)c3ccccc3C)cc2)CC1. The van der Waals surface area contributed by atoms with E-state index in [1.165, 1.54) is 0 Å². The molecule has 0 unspecified atom stereocenters. The smallest absolute Gasteiger partial charge is 0.326 e. The standard InChI is InChI=1S/C28H38N4O4/c1-5-8-27(34)36-25-15-17-30(18-16-25)19-20-31(22(3)33)23-11-13-24(14-12-23)32(28(35)29-4)26-10-7-6-9-21(26)2/h6-7,9-14,25H,5,8,15-20H2,1-4H3,(H,29,35). The number of carbonyl (C=O) groups excluding carboxylic acids is 3. The van der Waals surface area contributed by atoms with Gasteiger partial charge in [0.25, 0.3) is 0 Å². The van der Waals surface area contributed by atoms with Crippen molar-refractivity contribution >= 4 is 35.0 Å². The molecule has 0 radical (unpaired) electrons. The third-order valence-corrected chi connectivity index (χ3v) is 6.50. The molecule has 1 fully saturated rings. The molecule has 1 heterocycles. The van der Waals surface area contributed by atoms with Gasteiger partial charge in [-0.05, 0) is 62.1 Å².